The molecule has 0 saturated heterocycles. The van der Waals surface area contributed by atoms with E-state index in [-0.39, 0.29) is 24.1 Å². The van der Waals surface area contributed by atoms with Crippen LogP contribution in [0, 0.1) is 5.92 Å². The number of hydrogen-bond acceptors (Lipinski definition) is 4. The largest absolute Gasteiger partial charge is 0.391 e. The van der Waals surface area contributed by atoms with Crippen LogP contribution < -0.4 is 5.32 Å². The topological polar surface area (TPSA) is 80.0 Å². The Hall–Kier alpha value is -2.21. The van der Waals surface area contributed by atoms with E-state index in [4.69, 9.17) is 0 Å². The normalized spacial score (nSPS) is 13.7. The highest BCUT2D eigenvalue weighted by Crippen LogP contribution is 2.07. The summed E-state index contributed by atoms with van der Waals surface area (Å²) in [5, 5.41) is 20.7. The maximum Gasteiger partial charge on any atom is 0.273 e. The van der Waals surface area contributed by atoms with Crippen LogP contribution >= 0.6 is 0 Å². The third kappa shape index (κ3) is 3.88. The average Bonchev–Trinajstić information content (AvgIpc) is 3.02. The van der Waals surface area contributed by atoms with Gasteiger partial charge in [0.15, 0.2) is 5.69 Å². The minimum atomic E-state index is -0.553. The summed E-state index contributed by atoms with van der Waals surface area (Å²) in [6, 6.07) is 9.36. The fourth-order valence-corrected chi connectivity index (χ4v) is 1.81. The SMILES string of the molecule is CCC(C)C(O)CNC(=O)c1cnn(-c2ccccc2)n1. The fourth-order valence-electron chi connectivity index (χ4n) is 1.81. The molecule has 0 saturated carbocycles. The molecule has 2 rings (SSSR count). The molecule has 2 aromatic rings. The maximum absolute atomic E-state index is 12.0. The van der Waals surface area contributed by atoms with Gasteiger partial charge >= 0.3 is 0 Å². The van der Waals surface area contributed by atoms with Crippen molar-refractivity contribution in [1.29, 1.82) is 0 Å². The summed E-state index contributed by atoms with van der Waals surface area (Å²) in [5.74, 6) is -0.190. The molecule has 0 spiro atoms. The number of benzene rings is 1. The molecule has 2 N–H and O–H groups in total. The molecule has 6 heteroatoms. The molecule has 0 aliphatic rings. The Morgan fingerprint density at radius 2 is 2.10 bits per heavy atom. The van der Waals surface area contributed by atoms with Gasteiger partial charge in [-0.3, -0.25) is 4.79 Å². The minimum Gasteiger partial charge on any atom is -0.391 e. The molecule has 2 atom stereocenters. The first-order chi connectivity index (χ1) is 10.1. The maximum atomic E-state index is 12.0. The van der Waals surface area contributed by atoms with Crippen molar-refractivity contribution in [3.63, 3.8) is 0 Å². The van der Waals surface area contributed by atoms with Crippen molar-refractivity contribution in [3.05, 3.63) is 42.2 Å². The minimum absolute atomic E-state index is 0.144. The Bertz CT molecular complexity index is 582. The molecule has 1 aromatic carbocycles. The highest BCUT2D eigenvalue weighted by Gasteiger charge is 2.16. The number of carbonyl (C=O) groups is 1. The van der Waals surface area contributed by atoms with Gasteiger partial charge in [0.2, 0.25) is 0 Å². The van der Waals surface area contributed by atoms with E-state index in [0.29, 0.717) is 0 Å². The lowest BCUT2D eigenvalue weighted by Gasteiger charge is -2.16. The first-order valence-corrected chi connectivity index (χ1v) is 7.05. The molecular weight excluding hydrogens is 268 g/mol. The van der Waals surface area contributed by atoms with Gasteiger partial charge in [-0.2, -0.15) is 9.90 Å². The Balaban J connectivity index is 1.97. The van der Waals surface area contributed by atoms with E-state index in [2.05, 4.69) is 15.5 Å². The van der Waals surface area contributed by atoms with Gasteiger partial charge in [-0.25, -0.2) is 0 Å². The molecule has 1 amide bonds. The summed E-state index contributed by atoms with van der Waals surface area (Å²) >= 11 is 0. The molecule has 0 aliphatic heterocycles. The highest BCUT2D eigenvalue weighted by atomic mass is 16.3. The van der Waals surface area contributed by atoms with Crippen molar-refractivity contribution in [3.8, 4) is 5.69 Å². The number of rotatable bonds is 6. The third-order valence-corrected chi connectivity index (χ3v) is 3.48. The number of nitrogens with one attached hydrogen (secondary N) is 1. The number of aliphatic hydroxyl groups is 1. The molecule has 21 heavy (non-hydrogen) atoms. The standard InChI is InChI=1S/C15H20N4O2/c1-3-11(2)14(20)10-16-15(21)13-9-17-19(18-13)12-7-5-4-6-8-12/h4-9,11,14,20H,3,10H2,1-2H3,(H,16,21). The lowest BCUT2D eigenvalue weighted by atomic mass is 10.0. The molecule has 0 aliphatic carbocycles. The first-order valence-electron chi connectivity index (χ1n) is 7.05. The summed E-state index contributed by atoms with van der Waals surface area (Å²) in [4.78, 5) is 13.4. The Morgan fingerprint density at radius 3 is 2.76 bits per heavy atom. The van der Waals surface area contributed by atoms with Crippen LogP contribution in [0.2, 0.25) is 0 Å². The van der Waals surface area contributed by atoms with E-state index in [1.54, 1.807) is 0 Å². The quantitative estimate of drug-likeness (QED) is 0.842. The van der Waals surface area contributed by atoms with E-state index in [1.807, 2.05) is 44.2 Å². The lowest BCUT2D eigenvalue weighted by Crippen LogP contribution is -2.35. The molecule has 2 unspecified atom stereocenters. The van der Waals surface area contributed by atoms with E-state index in [9.17, 15) is 9.90 Å². The monoisotopic (exact) mass is 288 g/mol. The molecule has 0 fully saturated rings. The van der Waals surface area contributed by atoms with Crippen molar-refractivity contribution in [2.45, 2.75) is 26.4 Å². The Labute approximate surface area is 123 Å². The van der Waals surface area contributed by atoms with Gasteiger partial charge in [-0.05, 0) is 18.1 Å². The molecule has 1 heterocycles. The van der Waals surface area contributed by atoms with E-state index >= 15 is 0 Å². The predicted molar refractivity (Wildman–Crippen MR) is 79.2 cm³/mol. The van der Waals surface area contributed by atoms with E-state index in [0.717, 1.165) is 12.1 Å². The smallest absolute Gasteiger partial charge is 0.273 e. The number of amides is 1. The van der Waals surface area contributed by atoms with Crippen LogP contribution in [0.1, 0.15) is 30.8 Å². The summed E-state index contributed by atoms with van der Waals surface area (Å²) in [7, 11) is 0. The van der Waals surface area contributed by atoms with Gasteiger partial charge in [-0.1, -0.05) is 38.5 Å². The fraction of sp³-hybridized carbons (Fsp3) is 0.400. The van der Waals surface area contributed by atoms with E-state index < -0.39 is 6.10 Å². The van der Waals surface area contributed by atoms with Gasteiger partial charge in [0.1, 0.15) is 0 Å². The second-order valence-corrected chi connectivity index (χ2v) is 5.02. The van der Waals surface area contributed by atoms with Crippen molar-refractivity contribution >= 4 is 5.91 Å². The molecule has 112 valence electrons. The van der Waals surface area contributed by atoms with Gasteiger partial charge < -0.3 is 10.4 Å². The van der Waals surface area contributed by atoms with Gasteiger partial charge in [-0.15, -0.1) is 5.10 Å². The highest BCUT2D eigenvalue weighted by molar-refractivity contribution is 5.91. The van der Waals surface area contributed by atoms with Crippen LogP contribution in [0.25, 0.3) is 5.69 Å². The van der Waals surface area contributed by atoms with Crippen LogP contribution in [0.4, 0.5) is 0 Å². The number of aliphatic hydroxyl groups excluding tert-OH is 1. The zero-order valence-electron chi connectivity index (χ0n) is 12.2. The van der Waals surface area contributed by atoms with Crippen LogP contribution in [0.5, 0.6) is 0 Å². The van der Waals surface area contributed by atoms with Gasteiger partial charge in [0.05, 0.1) is 18.0 Å². The van der Waals surface area contributed by atoms with Crippen LogP contribution in [-0.4, -0.2) is 38.7 Å². The predicted octanol–water partition coefficient (Wildman–Crippen LogP) is 1.40. The summed E-state index contributed by atoms with van der Waals surface area (Å²) in [5.41, 5.74) is 1.02. The van der Waals surface area contributed by atoms with Gasteiger partial charge in [0.25, 0.3) is 5.91 Å². The summed E-state index contributed by atoms with van der Waals surface area (Å²) in [6.45, 7) is 4.16. The Kier molecular flexibility index (Phi) is 5.05. The van der Waals surface area contributed by atoms with Crippen LogP contribution in [-0.2, 0) is 0 Å². The number of hydrogen-bond donors (Lipinski definition) is 2. The Morgan fingerprint density at radius 1 is 1.38 bits per heavy atom. The lowest BCUT2D eigenvalue weighted by molar-refractivity contribution is 0.0845. The molecule has 0 bridgehead atoms. The number of carbonyl (C=O) groups excluding carboxylic acids is 1. The average molecular weight is 288 g/mol. The molecule has 6 nitrogen and oxygen atoms in total. The van der Waals surface area contributed by atoms with Crippen molar-refractivity contribution in [1.82, 2.24) is 20.3 Å². The number of para-hydroxylation sites is 1. The van der Waals surface area contributed by atoms with Crippen molar-refractivity contribution in [2.24, 2.45) is 5.92 Å². The summed E-state index contributed by atoms with van der Waals surface area (Å²) < 4.78 is 0. The van der Waals surface area contributed by atoms with Crippen molar-refractivity contribution in [2.75, 3.05) is 6.54 Å². The number of aromatic nitrogens is 3. The molecular formula is C15H20N4O2. The number of nitrogens with zero attached hydrogens (tertiary/aromatic N) is 3. The van der Waals surface area contributed by atoms with Crippen molar-refractivity contribution < 1.29 is 9.90 Å². The first kappa shape index (κ1) is 15.2. The third-order valence-electron chi connectivity index (χ3n) is 3.48. The molecule has 0 radical (unpaired) electrons. The van der Waals surface area contributed by atoms with Gasteiger partial charge in [0, 0.05) is 6.54 Å². The zero-order chi connectivity index (χ0) is 15.2. The van der Waals surface area contributed by atoms with Crippen LogP contribution in [0.15, 0.2) is 36.5 Å². The molecule has 1 aromatic heterocycles. The zero-order valence-corrected chi connectivity index (χ0v) is 12.2. The van der Waals surface area contributed by atoms with Crippen LogP contribution in [0.3, 0.4) is 0 Å². The second kappa shape index (κ2) is 6.99. The van der Waals surface area contributed by atoms with E-state index in [1.165, 1.54) is 11.0 Å². The second-order valence-electron chi connectivity index (χ2n) is 5.02. The summed E-state index contributed by atoms with van der Waals surface area (Å²) in [6.07, 6.45) is 1.72.